The summed E-state index contributed by atoms with van der Waals surface area (Å²) in [5.41, 5.74) is 2.81. The van der Waals surface area contributed by atoms with Crippen LogP contribution in [0.25, 0.3) is 10.2 Å². The quantitative estimate of drug-likeness (QED) is 0.384. The molecule has 5 nitrogen and oxygen atoms in total. The standard InChI is InChI=1S/C14H20N4S.C9H20.CH2O/c1-5-7-15-9-17-13-10(2)19-14-12(13)11(18(3)4)6-8-16-14;1-6-7-8(2)9(3,4)5;1-2/h6,8-9H,5,7H2,1-4H3,(H,15,17);8H,6-7H2,1-5H3;1H2. The van der Waals surface area contributed by atoms with E-state index in [1.165, 1.54) is 28.8 Å². The fourth-order valence-corrected chi connectivity index (χ4v) is 3.81. The predicted molar refractivity (Wildman–Crippen MR) is 137 cm³/mol. The van der Waals surface area contributed by atoms with Gasteiger partial charge >= 0.3 is 0 Å². The Morgan fingerprint density at radius 2 is 1.90 bits per heavy atom. The molecule has 0 aliphatic heterocycles. The maximum atomic E-state index is 8.00. The van der Waals surface area contributed by atoms with Gasteiger partial charge in [0.1, 0.15) is 11.6 Å². The second kappa shape index (κ2) is 14.1. The minimum atomic E-state index is 0.510. The van der Waals surface area contributed by atoms with Gasteiger partial charge in [-0.1, -0.05) is 54.4 Å². The summed E-state index contributed by atoms with van der Waals surface area (Å²) in [4.78, 5) is 21.2. The Hall–Kier alpha value is -1.95. The molecule has 30 heavy (non-hydrogen) atoms. The molecule has 0 saturated carbocycles. The van der Waals surface area contributed by atoms with E-state index in [2.05, 4.69) is 82.8 Å². The van der Waals surface area contributed by atoms with E-state index < -0.39 is 0 Å². The summed E-state index contributed by atoms with van der Waals surface area (Å²) in [6, 6.07) is 2.04. The Morgan fingerprint density at radius 3 is 2.37 bits per heavy atom. The number of nitrogens with zero attached hydrogens (tertiary/aromatic N) is 3. The zero-order chi connectivity index (χ0) is 23.3. The SMILES string of the molecule is C=O.CCCC(C)C(C)(C)C.CCCN=CNc1c(C)sc2nccc(N(C)C)c12. The van der Waals surface area contributed by atoms with E-state index in [1.54, 1.807) is 17.7 Å². The molecular formula is C24H42N4OS. The molecule has 0 spiro atoms. The number of fused-ring (bicyclic) bond motifs is 1. The van der Waals surface area contributed by atoms with Crippen LogP contribution in [0.3, 0.4) is 0 Å². The molecule has 2 heterocycles. The first-order valence-corrected chi connectivity index (χ1v) is 11.5. The molecule has 0 aliphatic carbocycles. The van der Waals surface area contributed by atoms with Crippen molar-refractivity contribution in [3.8, 4) is 0 Å². The van der Waals surface area contributed by atoms with Crippen molar-refractivity contribution < 1.29 is 4.79 Å². The fourth-order valence-electron chi connectivity index (χ4n) is 2.83. The van der Waals surface area contributed by atoms with E-state index in [0.29, 0.717) is 5.41 Å². The number of nitrogens with one attached hydrogen (secondary N) is 1. The Labute approximate surface area is 188 Å². The molecule has 1 atom stereocenters. The van der Waals surface area contributed by atoms with Crippen LogP contribution >= 0.6 is 11.3 Å². The van der Waals surface area contributed by atoms with Crippen molar-refractivity contribution in [2.75, 3.05) is 30.9 Å². The zero-order valence-electron chi connectivity index (χ0n) is 20.5. The highest BCUT2D eigenvalue weighted by atomic mass is 32.1. The normalized spacial score (nSPS) is 12.0. The van der Waals surface area contributed by atoms with E-state index >= 15 is 0 Å². The Bertz CT molecular complexity index is 762. The second-order valence-corrected chi connectivity index (χ2v) is 9.88. The van der Waals surface area contributed by atoms with Gasteiger partial charge in [0, 0.05) is 31.7 Å². The van der Waals surface area contributed by atoms with Crippen LogP contribution in [-0.2, 0) is 4.79 Å². The van der Waals surface area contributed by atoms with Crippen LogP contribution in [-0.4, -0.2) is 38.8 Å². The van der Waals surface area contributed by atoms with Crippen molar-refractivity contribution in [3.05, 3.63) is 17.1 Å². The van der Waals surface area contributed by atoms with E-state index in [-0.39, 0.29) is 0 Å². The molecule has 6 heteroatoms. The number of hydrogen-bond acceptors (Lipinski definition) is 5. The maximum Gasteiger partial charge on any atom is 0.127 e. The van der Waals surface area contributed by atoms with Gasteiger partial charge in [-0.3, -0.25) is 4.99 Å². The number of aryl methyl sites for hydroxylation is 1. The van der Waals surface area contributed by atoms with Crippen molar-refractivity contribution in [1.29, 1.82) is 0 Å². The first-order chi connectivity index (χ1) is 14.1. The van der Waals surface area contributed by atoms with Crippen molar-refractivity contribution in [2.24, 2.45) is 16.3 Å². The number of hydrogen-bond donors (Lipinski definition) is 1. The molecule has 170 valence electrons. The van der Waals surface area contributed by atoms with E-state index in [1.807, 2.05) is 19.1 Å². The number of thiophene rings is 1. The third-order valence-electron chi connectivity index (χ3n) is 5.08. The molecule has 0 radical (unpaired) electrons. The van der Waals surface area contributed by atoms with Crippen LogP contribution in [0.5, 0.6) is 0 Å². The molecule has 0 aliphatic rings. The Balaban J connectivity index is 0.000000648. The van der Waals surface area contributed by atoms with Gasteiger partial charge in [-0.05, 0) is 30.7 Å². The average molecular weight is 435 g/mol. The van der Waals surface area contributed by atoms with Gasteiger partial charge in [-0.25, -0.2) is 4.98 Å². The minimum Gasteiger partial charge on any atom is -0.377 e. The number of anilines is 2. The highest BCUT2D eigenvalue weighted by Gasteiger charge is 2.18. The molecule has 0 bridgehead atoms. The van der Waals surface area contributed by atoms with Gasteiger partial charge in [0.2, 0.25) is 0 Å². The average Bonchev–Trinajstić information content (AvgIpc) is 3.02. The molecule has 0 aromatic carbocycles. The van der Waals surface area contributed by atoms with E-state index in [9.17, 15) is 0 Å². The largest absolute Gasteiger partial charge is 0.377 e. The molecule has 1 unspecified atom stereocenters. The molecule has 0 saturated heterocycles. The van der Waals surface area contributed by atoms with Crippen LogP contribution in [0.15, 0.2) is 17.3 Å². The van der Waals surface area contributed by atoms with Crippen molar-refractivity contribution in [3.63, 3.8) is 0 Å². The number of carbonyl (C=O) groups is 1. The van der Waals surface area contributed by atoms with Gasteiger partial charge in [0.05, 0.1) is 23.1 Å². The molecular weight excluding hydrogens is 392 g/mol. The molecule has 0 amide bonds. The Morgan fingerprint density at radius 1 is 1.27 bits per heavy atom. The zero-order valence-corrected chi connectivity index (χ0v) is 21.3. The van der Waals surface area contributed by atoms with Crippen molar-refractivity contribution >= 4 is 46.1 Å². The number of aromatic nitrogens is 1. The van der Waals surface area contributed by atoms with Crippen LogP contribution in [0.1, 0.15) is 65.7 Å². The summed E-state index contributed by atoms with van der Waals surface area (Å²) in [6.45, 7) is 18.6. The molecule has 2 aromatic heterocycles. The summed E-state index contributed by atoms with van der Waals surface area (Å²) in [5.74, 6) is 0.863. The van der Waals surface area contributed by atoms with Gasteiger partial charge in [-0.15, -0.1) is 11.3 Å². The third-order valence-corrected chi connectivity index (χ3v) is 6.09. The maximum absolute atomic E-state index is 8.00. The van der Waals surface area contributed by atoms with Gasteiger partial charge in [0.15, 0.2) is 0 Å². The number of rotatable bonds is 7. The number of aliphatic imine (C=N–C) groups is 1. The van der Waals surface area contributed by atoms with Crippen LogP contribution in [0, 0.1) is 18.3 Å². The van der Waals surface area contributed by atoms with Crippen molar-refractivity contribution in [1.82, 2.24) is 4.98 Å². The third kappa shape index (κ3) is 8.82. The fraction of sp³-hybridized carbons (Fsp3) is 0.625. The lowest BCUT2D eigenvalue weighted by Crippen LogP contribution is -2.16. The smallest absolute Gasteiger partial charge is 0.127 e. The minimum absolute atomic E-state index is 0.510. The van der Waals surface area contributed by atoms with Crippen LogP contribution in [0.2, 0.25) is 0 Å². The summed E-state index contributed by atoms with van der Waals surface area (Å²) in [6.07, 6.45) is 7.40. The summed E-state index contributed by atoms with van der Waals surface area (Å²) in [5, 5.41) is 4.50. The van der Waals surface area contributed by atoms with E-state index in [4.69, 9.17) is 4.79 Å². The molecule has 1 N–H and O–H groups in total. The van der Waals surface area contributed by atoms with Crippen LogP contribution in [0.4, 0.5) is 11.4 Å². The molecule has 2 rings (SSSR count). The number of carbonyl (C=O) groups excluding carboxylic acids is 1. The lowest BCUT2D eigenvalue weighted by molar-refractivity contribution is -0.0979. The first-order valence-electron chi connectivity index (χ1n) is 10.7. The van der Waals surface area contributed by atoms with Gasteiger partial charge < -0.3 is 15.0 Å². The predicted octanol–water partition coefficient (Wildman–Crippen LogP) is 6.80. The lowest BCUT2D eigenvalue weighted by atomic mass is 9.80. The van der Waals surface area contributed by atoms with Gasteiger partial charge in [0.25, 0.3) is 0 Å². The molecule has 0 fully saturated rings. The van der Waals surface area contributed by atoms with Crippen molar-refractivity contribution in [2.45, 2.75) is 67.7 Å². The Kier molecular flexibility index (Phi) is 13.2. The highest BCUT2D eigenvalue weighted by Crippen LogP contribution is 2.39. The summed E-state index contributed by atoms with van der Waals surface area (Å²) < 4.78 is 0. The number of pyridine rings is 1. The lowest BCUT2D eigenvalue weighted by Gasteiger charge is -2.26. The summed E-state index contributed by atoms with van der Waals surface area (Å²) >= 11 is 1.71. The monoisotopic (exact) mass is 434 g/mol. The summed E-state index contributed by atoms with van der Waals surface area (Å²) in [7, 11) is 4.10. The second-order valence-electron chi connectivity index (χ2n) is 8.67. The van der Waals surface area contributed by atoms with E-state index in [0.717, 1.165) is 29.4 Å². The highest BCUT2D eigenvalue weighted by molar-refractivity contribution is 7.19. The van der Waals surface area contributed by atoms with Gasteiger partial charge in [-0.2, -0.15) is 0 Å². The molecule has 2 aromatic rings. The van der Waals surface area contributed by atoms with Crippen LogP contribution < -0.4 is 10.2 Å². The first kappa shape index (κ1) is 28.1. The topological polar surface area (TPSA) is 57.6 Å².